The van der Waals surface area contributed by atoms with Gasteiger partial charge in [-0.15, -0.1) is 0 Å². The van der Waals surface area contributed by atoms with Gasteiger partial charge < -0.3 is 18.9 Å². The van der Waals surface area contributed by atoms with Gasteiger partial charge in [0, 0.05) is 12.1 Å². The summed E-state index contributed by atoms with van der Waals surface area (Å²) in [5.41, 5.74) is 0. The molecule has 1 aromatic carbocycles. The van der Waals surface area contributed by atoms with Gasteiger partial charge in [-0.25, -0.2) is 13.1 Å². The molecule has 0 amide bonds. The summed E-state index contributed by atoms with van der Waals surface area (Å²) in [7, 11) is -0.653. The van der Waals surface area contributed by atoms with Crippen molar-refractivity contribution in [3.8, 4) is 11.5 Å². The number of sulfonamides is 1. The number of ether oxygens (including phenoxy) is 4. The molecule has 1 saturated carbocycles. The lowest BCUT2D eigenvalue weighted by Crippen LogP contribution is -2.49. The van der Waals surface area contributed by atoms with Gasteiger partial charge in [-0.3, -0.25) is 0 Å². The number of rotatable bonds is 5. The Kier molecular flexibility index (Phi) is 5.29. The largest absolute Gasteiger partial charge is 0.493 e. The minimum absolute atomic E-state index is 0.0365. The molecule has 1 heterocycles. The van der Waals surface area contributed by atoms with Crippen molar-refractivity contribution in [2.24, 2.45) is 0 Å². The Labute approximate surface area is 142 Å². The van der Waals surface area contributed by atoms with Crippen LogP contribution in [0.2, 0.25) is 0 Å². The van der Waals surface area contributed by atoms with E-state index >= 15 is 0 Å². The third kappa shape index (κ3) is 3.66. The third-order valence-electron chi connectivity index (χ3n) is 4.47. The van der Waals surface area contributed by atoms with E-state index in [-0.39, 0.29) is 23.1 Å². The molecule has 1 N–H and O–H groups in total. The molecule has 7 nitrogen and oxygen atoms in total. The Bertz CT molecular complexity index is 677. The average molecular weight is 357 g/mol. The highest BCUT2D eigenvalue weighted by atomic mass is 32.2. The number of fused-ring (bicyclic) bond motifs is 1. The van der Waals surface area contributed by atoms with Gasteiger partial charge in [0.2, 0.25) is 10.0 Å². The molecule has 3 atom stereocenters. The van der Waals surface area contributed by atoms with Crippen LogP contribution in [0.25, 0.3) is 0 Å². The molecule has 0 bridgehead atoms. The van der Waals surface area contributed by atoms with Crippen LogP contribution in [0.4, 0.5) is 0 Å². The summed E-state index contributed by atoms with van der Waals surface area (Å²) >= 11 is 0. The lowest BCUT2D eigenvalue weighted by Gasteiger charge is -2.38. The molecule has 2 aliphatic rings. The van der Waals surface area contributed by atoms with E-state index in [0.717, 1.165) is 12.8 Å². The monoisotopic (exact) mass is 357 g/mol. The number of nitrogens with one attached hydrogen (secondary N) is 1. The second kappa shape index (κ2) is 7.26. The molecule has 2 fully saturated rings. The first-order chi connectivity index (χ1) is 11.5. The van der Waals surface area contributed by atoms with E-state index in [4.69, 9.17) is 18.9 Å². The maximum atomic E-state index is 12.6. The normalized spacial score (nSPS) is 27.3. The van der Waals surface area contributed by atoms with Crippen LogP contribution in [0.5, 0.6) is 11.5 Å². The molecule has 0 radical (unpaired) electrons. The zero-order valence-corrected chi connectivity index (χ0v) is 14.7. The molecule has 8 heteroatoms. The maximum Gasteiger partial charge on any atom is 0.240 e. The fourth-order valence-electron chi connectivity index (χ4n) is 3.24. The first kappa shape index (κ1) is 17.5. The second-order valence-electron chi connectivity index (χ2n) is 5.97. The summed E-state index contributed by atoms with van der Waals surface area (Å²) in [4.78, 5) is 0.156. The van der Waals surface area contributed by atoms with E-state index in [9.17, 15) is 8.42 Å². The van der Waals surface area contributed by atoms with E-state index in [1.165, 1.54) is 26.4 Å². The highest BCUT2D eigenvalue weighted by Crippen LogP contribution is 2.31. The lowest BCUT2D eigenvalue weighted by atomic mass is 9.90. The average Bonchev–Trinajstić information content (AvgIpc) is 2.60. The number of methoxy groups -OCH3 is 2. The molecule has 134 valence electrons. The Morgan fingerprint density at radius 2 is 1.75 bits per heavy atom. The van der Waals surface area contributed by atoms with Gasteiger partial charge in [0.05, 0.1) is 44.5 Å². The highest BCUT2D eigenvalue weighted by Gasteiger charge is 2.35. The van der Waals surface area contributed by atoms with Gasteiger partial charge in [0.25, 0.3) is 0 Å². The second-order valence-corrected chi connectivity index (χ2v) is 7.68. The topological polar surface area (TPSA) is 83.1 Å². The summed E-state index contributed by atoms with van der Waals surface area (Å²) in [6, 6.07) is 4.40. The van der Waals surface area contributed by atoms with Crippen molar-refractivity contribution in [1.82, 2.24) is 4.72 Å². The van der Waals surface area contributed by atoms with E-state index in [2.05, 4.69) is 4.72 Å². The molecule has 3 unspecified atom stereocenters. The quantitative estimate of drug-likeness (QED) is 0.856. The van der Waals surface area contributed by atoms with Crippen molar-refractivity contribution in [2.45, 2.75) is 42.4 Å². The molecular weight excluding hydrogens is 334 g/mol. The Balaban J connectivity index is 1.72. The summed E-state index contributed by atoms with van der Waals surface area (Å²) in [5.74, 6) is 0.873. The smallest absolute Gasteiger partial charge is 0.240 e. The molecular formula is C16H23NO6S. The van der Waals surface area contributed by atoms with E-state index in [0.29, 0.717) is 31.1 Å². The van der Waals surface area contributed by atoms with E-state index < -0.39 is 10.0 Å². The third-order valence-corrected chi connectivity index (χ3v) is 5.98. The van der Waals surface area contributed by atoms with Gasteiger partial charge in [-0.05, 0) is 31.4 Å². The van der Waals surface area contributed by atoms with Gasteiger partial charge in [0.1, 0.15) is 0 Å². The van der Waals surface area contributed by atoms with Gasteiger partial charge in [-0.1, -0.05) is 0 Å². The van der Waals surface area contributed by atoms with Crippen LogP contribution in [0, 0.1) is 0 Å². The predicted molar refractivity (Wildman–Crippen MR) is 87.0 cm³/mol. The van der Waals surface area contributed by atoms with Crippen LogP contribution in [0.3, 0.4) is 0 Å². The molecule has 24 heavy (non-hydrogen) atoms. The molecule has 1 saturated heterocycles. The van der Waals surface area contributed by atoms with Gasteiger partial charge in [0.15, 0.2) is 11.5 Å². The minimum atomic E-state index is -3.64. The maximum absolute atomic E-state index is 12.6. The van der Waals surface area contributed by atoms with Crippen LogP contribution in [-0.2, 0) is 19.5 Å². The summed E-state index contributed by atoms with van der Waals surface area (Å²) in [6.45, 7) is 1.18. The standard InChI is InChI=1S/C16H23NO6S/c1-20-13-6-4-12(10-15(13)21-2)24(18,19)17-11-3-5-14-16(9-11)23-8-7-22-14/h4,6,10-11,14,16-17H,3,5,7-9H2,1-2H3. The van der Waals surface area contributed by atoms with Crippen molar-refractivity contribution in [1.29, 1.82) is 0 Å². The molecule has 1 aliphatic heterocycles. The first-order valence-corrected chi connectivity index (χ1v) is 9.49. The van der Waals surface area contributed by atoms with Crippen LogP contribution < -0.4 is 14.2 Å². The highest BCUT2D eigenvalue weighted by molar-refractivity contribution is 7.89. The molecule has 0 aromatic heterocycles. The van der Waals surface area contributed by atoms with Crippen molar-refractivity contribution >= 4 is 10.0 Å². The molecule has 1 aliphatic carbocycles. The summed E-state index contributed by atoms with van der Waals surface area (Å²) < 4.78 is 49.8. The number of hydrogen-bond acceptors (Lipinski definition) is 6. The zero-order valence-electron chi connectivity index (χ0n) is 13.9. The first-order valence-electron chi connectivity index (χ1n) is 8.01. The van der Waals surface area contributed by atoms with Crippen molar-refractivity contribution in [3.05, 3.63) is 18.2 Å². The fraction of sp³-hybridized carbons (Fsp3) is 0.625. The lowest BCUT2D eigenvalue weighted by molar-refractivity contribution is -0.156. The van der Waals surface area contributed by atoms with Crippen LogP contribution in [-0.4, -0.2) is 54.1 Å². The van der Waals surface area contributed by atoms with Crippen molar-refractivity contribution in [2.75, 3.05) is 27.4 Å². The Hall–Kier alpha value is -1.35. The SMILES string of the molecule is COc1ccc(S(=O)(=O)NC2CCC3OCCOC3C2)cc1OC. The van der Waals surface area contributed by atoms with Crippen molar-refractivity contribution in [3.63, 3.8) is 0 Å². The van der Waals surface area contributed by atoms with E-state index in [1.54, 1.807) is 6.07 Å². The van der Waals surface area contributed by atoms with E-state index in [1.807, 2.05) is 0 Å². The Morgan fingerprint density at radius 1 is 1.04 bits per heavy atom. The summed E-state index contributed by atoms with van der Waals surface area (Å²) in [5, 5.41) is 0. The fourth-order valence-corrected chi connectivity index (χ4v) is 4.54. The Morgan fingerprint density at radius 3 is 2.46 bits per heavy atom. The van der Waals surface area contributed by atoms with Gasteiger partial charge >= 0.3 is 0 Å². The van der Waals surface area contributed by atoms with Crippen molar-refractivity contribution < 1.29 is 27.4 Å². The van der Waals surface area contributed by atoms with Crippen LogP contribution >= 0.6 is 0 Å². The molecule has 1 aromatic rings. The van der Waals surface area contributed by atoms with Gasteiger partial charge in [-0.2, -0.15) is 0 Å². The minimum Gasteiger partial charge on any atom is -0.493 e. The zero-order chi connectivity index (χ0) is 17.2. The number of hydrogen-bond donors (Lipinski definition) is 1. The molecule has 3 rings (SSSR count). The predicted octanol–water partition coefficient (Wildman–Crippen LogP) is 1.32. The molecule has 0 spiro atoms. The van der Waals surface area contributed by atoms with Crippen LogP contribution in [0.1, 0.15) is 19.3 Å². The summed E-state index contributed by atoms with van der Waals surface area (Å²) in [6.07, 6.45) is 2.20. The number of benzene rings is 1. The van der Waals surface area contributed by atoms with Crippen LogP contribution in [0.15, 0.2) is 23.1 Å².